The van der Waals surface area contributed by atoms with E-state index in [1.54, 1.807) is 0 Å². The lowest BCUT2D eigenvalue weighted by Crippen LogP contribution is -2.33. The first kappa shape index (κ1) is 26.3. The molecule has 1 nitrogen and oxygen atoms in total. The Balaban J connectivity index is 0.00000363. The SMILES string of the molecule is CCCCCCCCCCCC[P+](c1ccccc1)(c1ccccc1)c1ccccc1.[OH-]. The molecule has 32 heavy (non-hydrogen) atoms. The van der Waals surface area contributed by atoms with Gasteiger partial charge in [0, 0.05) is 0 Å². The predicted molar refractivity (Wildman–Crippen MR) is 144 cm³/mol. The maximum absolute atomic E-state index is 2.37. The van der Waals surface area contributed by atoms with Crippen LogP contribution in [0.2, 0.25) is 0 Å². The minimum Gasteiger partial charge on any atom is -0.870 e. The van der Waals surface area contributed by atoms with Crippen molar-refractivity contribution in [3.8, 4) is 0 Å². The third-order valence-corrected chi connectivity index (χ3v) is 11.0. The van der Waals surface area contributed by atoms with Crippen molar-refractivity contribution in [1.29, 1.82) is 0 Å². The molecule has 0 saturated carbocycles. The van der Waals surface area contributed by atoms with Crippen LogP contribution >= 0.6 is 7.26 Å². The van der Waals surface area contributed by atoms with Gasteiger partial charge in [0.1, 0.15) is 23.2 Å². The van der Waals surface area contributed by atoms with Crippen molar-refractivity contribution in [2.75, 3.05) is 6.16 Å². The minimum atomic E-state index is -1.63. The molecule has 0 spiro atoms. The Morgan fingerprint density at radius 3 is 1.09 bits per heavy atom. The molecular weight excluding hydrogens is 407 g/mol. The van der Waals surface area contributed by atoms with Crippen LogP contribution in [0.3, 0.4) is 0 Å². The molecule has 0 heterocycles. The fourth-order valence-electron chi connectivity index (χ4n) is 4.72. The lowest BCUT2D eigenvalue weighted by molar-refractivity contribution is 0.563. The molecule has 0 unspecified atom stereocenters. The van der Waals surface area contributed by atoms with Crippen LogP contribution in [0.15, 0.2) is 91.0 Å². The van der Waals surface area contributed by atoms with Gasteiger partial charge in [0.25, 0.3) is 0 Å². The van der Waals surface area contributed by atoms with E-state index in [0.29, 0.717) is 0 Å². The fraction of sp³-hybridized carbons (Fsp3) is 0.400. The molecule has 0 aliphatic heterocycles. The van der Waals surface area contributed by atoms with Gasteiger partial charge in [-0.2, -0.15) is 0 Å². The Hall–Kier alpha value is -1.95. The summed E-state index contributed by atoms with van der Waals surface area (Å²) in [7, 11) is -1.63. The Bertz CT molecular complexity index is 736. The largest absolute Gasteiger partial charge is 0.870 e. The summed E-state index contributed by atoms with van der Waals surface area (Å²) in [5, 5.41) is 4.55. The summed E-state index contributed by atoms with van der Waals surface area (Å²) in [5.41, 5.74) is 0. The molecule has 0 saturated heterocycles. The monoisotopic (exact) mass is 448 g/mol. The Kier molecular flexibility index (Phi) is 12.3. The van der Waals surface area contributed by atoms with Crippen LogP contribution in [-0.2, 0) is 0 Å². The van der Waals surface area contributed by atoms with Gasteiger partial charge < -0.3 is 5.48 Å². The number of hydrogen-bond donors (Lipinski definition) is 0. The topological polar surface area (TPSA) is 30.0 Å². The van der Waals surface area contributed by atoms with Crippen molar-refractivity contribution in [3.63, 3.8) is 0 Å². The van der Waals surface area contributed by atoms with E-state index in [-0.39, 0.29) is 5.48 Å². The quantitative estimate of drug-likeness (QED) is 0.183. The number of benzene rings is 3. The van der Waals surface area contributed by atoms with Gasteiger partial charge in [0.05, 0.1) is 6.16 Å². The summed E-state index contributed by atoms with van der Waals surface area (Å²) in [6, 6.07) is 33.9. The highest BCUT2D eigenvalue weighted by Gasteiger charge is 2.44. The van der Waals surface area contributed by atoms with Crippen molar-refractivity contribution in [2.45, 2.75) is 71.1 Å². The number of unbranched alkanes of at least 4 members (excludes halogenated alkanes) is 9. The smallest absolute Gasteiger partial charge is 0.112 e. The maximum Gasteiger partial charge on any atom is 0.112 e. The van der Waals surface area contributed by atoms with Crippen LogP contribution in [0.4, 0.5) is 0 Å². The number of hydrogen-bond acceptors (Lipinski definition) is 1. The highest BCUT2D eigenvalue weighted by molar-refractivity contribution is 7.95. The molecule has 3 rings (SSSR count). The van der Waals surface area contributed by atoms with Crippen LogP contribution in [0.5, 0.6) is 0 Å². The zero-order valence-corrected chi connectivity index (χ0v) is 20.7. The second kappa shape index (κ2) is 15.0. The highest BCUT2D eigenvalue weighted by atomic mass is 31.2. The molecule has 3 aromatic carbocycles. The van der Waals surface area contributed by atoms with Crippen LogP contribution in [0.25, 0.3) is 0 Å². The van der Waals surface area contributed by atoms with Gasteiger partial charge in [0.15, 0.2) is 0 Å². The summed E-state index contributed by atoms with van der Waals surface area (Å²) in [6.07, 6.45) is 15.2. The van der Waals surface area contributed by atoms with Crippen molar-refractivity contribution >= 4 is 23.2 Å². The molecule has 0 atom stereocenters. The van der Waals surface area contributed by atoms with E-state index >= 15 is 0 Å². The molecule has 0 aliphatic carbocycles. The van der Waals surface area contributed by atoms with Crippen molar-refractivity contribution in [2.24, 2.45) is 0 Å². The first-order chi connectivity index (χ1) is 15.4. The summed E-state index contributed by atoms with van der Waals surface area (Å²) in [5.74, 6) is 0. The van der Waals surface area contributed by atoms with Crippen molar-refractivity contribution < 1.29 is 5.48 Å². The predicted octanol–water partition coefficient (Wildman–Crippen LogP) is 7.72. The van der Waals surface area contributed by atoms with E-state index in [1.165, 1.54) is 86.3 Å². The Labute approximate surface area is 196 Å². The molecule has 0 aromatic heterocycles. The summed E-state index contributed by atoms with van der Waals surface area (Å²) < 4.78 is 0. The maximum atomic E-state index is 2.37. The molecule has 0 radical (unpaired) electrons. The average Bonchev–Trinajstić information content (AvgIpc) is 2.84. The summed E-state index contributed by atoms with van der Waals surface area (Å²) in [4.78, 5) is 0. The molecule has 1 N–H and O–H groups in total. The lowest BCUT2D eigenvalue weighted by Gasteiger charge is -2.27. The van der Waals surface area contributed by atoms with E-state index in [0.717, 1.165) is 0 Å². The highest BCUT2D eigenvalue weighted by Crippen LogP contribution is 2.55. The molecule has 0 aliphatic rings. The third-order valence-electron chi connectivity index (χ3n) is 6.44. The van der Waals surface area contributed by atoms with Gasteiger partial charge in [-0.25, -0.2) is 0 Å². The van der Waals surface area contributed by atoms with Crippen molar-refractivity contribution in [3.05, 3.63) is 91.0 Å². The standard InChI is InChI=1S/C30H40P.H2O/c1-2-3-4-5-6-7-8-9-10-20-27-31(28-21-14-11-15-22-28,29-23-16-12-17-24-29)30-25-18-13-19-26-30;/h11-19,21-26H,2-10,20,27H2,1H3;1H2/q+1;/p-1. The van der Waals surface area contributed by atoms with Gasteiger partial charge in [0.2, 0.25) is 0 Å². The minimum absolute atomic E-state index is 0. The van der Waals surface area contributed by atoms with Gasteiger partial charge in [-0.1, -0.05) is 113 Å². The summed E-state index contributed by atoms with van der Waals surface area (Å²) in [6.45, 7) is 2.29. The zero-order valence-electron chi connectivity index (χ0n) is 19.8. The van der Waals surface area contributed by atoms with Crippen LogP contribution < -0.4 is 15.9 Å². The van der Waals surface area contributed by atoms with E-state index in [4.69, 9.17) is 0 Å². The van der Waals surface area contributed by atoms with E-state index in [9.17, 15) is 0 Å². The second-order valence-corrected chi connectivity index (χ2v) is 12.3. The fourth-order valence-corrected chi connectivity index (χ4v) is 9.13. The first-order valence-corrected chi connectivity index (χ1v) is 14.4. The molecule has 2 heteroatoms. The van der Waals surface area contributed by atoms with E-state index in [2.05, 4.69) is 97.9 Å². The van der Waals surface area contributed by atoms with Crippen LogP contribution in [0, 0.1) is 0 Å². The molecule has 172 valence electrons. The van der Waals surface area contributed by atoms with Gasteiger partial charge in [-0.05, 0) is 49.2 Å². The molecular formula is C30H41OP. The molecule has 0 fully saturated rings. The second-order valence-electron chi connectivity index (χ2n) is 8.72. The third kappa shape index (κ3) is 7.29. The molecule has 0 bridgehead atoms. The molecule has 3 aromatic rings. The van der Waals surface area contributed by atoms with Gasteiger partial charge in [-0.3, -0.25) is 0 Å². The zero-order chi connectivity index (χ0) is 21.6. The summed E-state index contributed by atoms with van der Waals surface area (Å²) >= 11 is 0. The van der Waals surface area contributed by atoms with Crippen molar-refractivity contribution in [1.82, 2.24) is 0 Å². The van der Waals surface area contributed by atoms with Crippen LogP contribution in [-0.4, -0.2) is 11.6 Å². The van der Waals surface area contributed by atoms with E-state index < -0.39 is 7.26 Å². The number of rotatable bonds is 14. The lowest BCUT2D eigenvalue weighted by atomic mass is 10.1. The van der Waals surface area contributed by atoms with Gasteiger partial charge in [-0.15, -0.1) is 0 Å². The Morgan fingerprint density at radius 2 is 0.750 bits per heavy atom. The van der Waals surface area contributed by atoms with Crippen LogP contribution in [0.1, 0.15) is 71.1 Å². The average molecular weight is 449 g/mol. The van der Waals surface area contributed by atoms with E-state index in [1.807, 2.05) is 0 Å². The first-order valence-electron chi connectivity index (χ1n) is 12.4. The Morgan fingerprint density at radius 1 is 0.438 bits per heavy atom. The molecule has 0 amide bonds. The van der Waals surface area contributed by atoms with Gasteiger partial charge >= 0.3 is 0 Å². The normalized spacial score (nSPS) is 11.2.